The Morgan fingerprint density at radius 3 is 2.75 bits per heavy atom. The lowest BCUT2D eigenvalue weighted by atomic mass is 9.58. The molecule has 1 aromatic heterocycles. The van der Waals surface area contributed by atoms with Gasteiger partial charge in [0.15, 0.2) is 0 Å². The standard InChI is InChI=1S/C26H33N3O2S/c1-17-12-18-13-20(15-25(2,14-18)16-30)22(17)28-24(31)26(9-5-10-26)29-32-21-8-3-6-19-7-4-11-27-23(19)21/h3-4,6-8,11,16-18,20,22,29H,5,9-10,12-15H2,1-2H3,(H,28,31). The van der Waals surface area contributed by atoms with Gasteiger partial charge in [-0.3, -0.25) is 9.78 Å². The molecular formula is C26H33N3O2S. The average molecular weight is 452 g/mol. The molecule has 2 N–H and O–H groups in total. The monoisotopic (exact) mass is 451 g/mol. The summed E-state index contributed by atoms with van der Waals surface area (Å²) in [6.45, 7) is 4.36. The molecule has 2 aromatic rings. The van der Waals surface area contributed by atoms with Gasteiger partial charge in [-0.15, -0.1) is 0 Å². The van der Waals surface area contributed by atoms with Crippen LogP contribution in [0, 0.1) is 23.2 Å². The van der Waals surface area contributed by atoms with Crippen LogP contribution in [0.4, 0.5) is 0 Å². The summed E-state index contributed by atoms with van der Waals surface area (Å²) in [5.41, 5.74) is 0.200. The van der Waals surface area contributed by atoms with E-state index in [2.05, 4.69) is 47.1 Å². The number of rotatable bonds is 6. The number of carbonyl (C=O) groups is 2. The van der Waals surface area contributed by atoms with Crippen LogP contribution in [0.25, 0.3) is 10.9 Å². The predicted octanol–water partition coefficient (Wildman–Crippen LogP) is 4.90. The first-order chi connectivity index (χ1) is 15.4. The summed E-state index contributed by atoms with van der Waals surface area (Å²) >= 11 is 1.53. The molecule has 3 saturated carbocycles. The first-order valence-corrected chi connectivity index (χ1v) is 12.8. The van der Waals surface area contributed by atoms with Gasteiger partial charge in [0, 0.05) is 27.9 Å². The van der Waals surface area contributed by atoms with E-state index in [-0.39, 0.29) is 17.4 Å². The fourth-order valence-corrected chi connectivity index (χ4v) is 7.41. The van der Waals surface area contributed by atoms with Crippen molar-refractivity contribution in [2.24, 2.45) is 23.2 Å². The molecular weight excluding hydrogens is 418 g/mol. The molecule has 1 aromatic carbocycles. The summed E-state index contributed by atoms with van der Waals surface area (Å²) in [6, 6.07) is 10.3. The van der Waals surface area contributed by atoms with E-state index >= 15 is 0 Å². The van der Waals surface area contributed by atoms with Crippen molar-refractivity contribution in [3.8, 4) is 0 Å². The highest BCUT2D eigenvalue weighted by molar-refractivity contribution is 7.97. The Morgan fingerprint density at radius 2 is 2.00 bits per heavy atom. The molecule has 0 aliphatic heterocycles. The number of aromatic nitrogens is 1. The molecule has 1 amide bonds. The lowest BCUT2D eigenvalue weighted by molar-refractivity contribution is -0.133. The number of pyridine rings is 1. The Morgan fingerprint density at radius 1 is 1.19 bits per heavy atom. The Labute approximate surface area is 194 Å². The van der Waals surface area contributed by atoms with E-state index in [1.54, 1.807) is 0 Å². The number of fused-ring (bicyclic) bond motifs is 3. The zero-order valence-electron chi connectivity index (χ0n) is 19.0. The van der Waals surface area contributed by atoms with Crippen LogP contribution in [0.15, 0.2) is 41.4 Å². The number of aldehydes is 1. The highest BCUT2D eigenvalue weighted by atomic mass is 32.2. The molecule has 5 nitrogen and oxygen atoms in total. The topological polar surface area (TPSA) is 71.1 Å². The Bertz CT molecular complexity index is 1020. The van der Waals surface area contributed by atoms with Crippen molar-refractivity contribution in [2.45, 2.75) is 75.3 Å². The van der Waals surface area contributed by atoms with Gasteiger partial charge in [0.1, 0.15) is 11.8 Å². The summed E-state index contributed by atoms with van der Waals surface area (Å²) < 4.78 is 3.54. The lowest BCUT2D eigenvalue weighted by Crippen LogP contribution is -2.63. The molecule has 3 fully saturated rings. The fraction of sp³-hybridized carbons (Fsp3) is 0.577. The molecule has 3 aliphatic carbocycles. The second-order valence-electron chi connectivity index (χ2n) is 10.7. The lowest BCUT2D eigenvalue weighted by Gasteiger charge is -2.50. The molecule has 3 aliphatic rings. The van der Waals surface area contributed by atoms with Gasteiger partial charge < -0.3 is 10.1 Å². The first-order valence-electron chi connectivity index (χ1n) is 12.0. The molecule has 0 saturated heterocycles. The third kappa shape index (κ3) is 3.96. The third-order valence-corrected chi connectivity index (χ3v) is 9.16. The van der Waals surface area contributed by atoms with Gasteiger partial charge in [0.05, 0.1) is 5.52 Å². The van der Waals surface area contributed by atoms with Crippen LogP contribution in [0.1, 0.15) is 58.8 Å². The van der Waals surface area contributed by atoms with Gasteiger partial charge >= 0.3 is 0 Å². The SMILES string of the molecule is CC1CC2CC(CC(C)(C=O)C2)C1NC(=O)C1(NSc2cccc3cccnc23)CCC1. The van der Waals surface area contributed by atoms with Gasteiger partial charge in [-0.05, 0) is 86.8 Å². The minimum atomic E-state index is -0.527. The number of nitrogens with one attached hydrogen (secondary N) is 2. The molecule has 6 heteroatoms. The van der Waals surface area contributed by atoms with Gasteiger partial charge in [-0.25, -0.2) is 4.72 Å². The van der Waals surface area contributed by atoms with Crippen LogP contribution in [0.5, 0.6) is 0 Å². The smallest absolute Gasteiger partial charge is 0.241 e. The number of hydrogen-bond acceptors (Lipinski definition) is 5. The minimum absolute atomic E-state index is 0.123. The Balaban J connectivity index is 1.30. The number of para-hydroxylation sites is 1. The van der Waals surface area contributed by atoms with Crippen molar-refractivity contribution >= 4 is 35.0 Å². The van der Waals surface area contributed by atoms with E-state index in [0.29, 0.717) is 17.8 Å². The molecule has 0 spiro atoms. The van der Waals surface area contributed by atoms with Crippen molar-refractivity contribution in [1.29, 1.82) is 0 Å². The van der Waals surface area contributed by atoms with Crippen LogP contribution >= 0.6 is 11.9 Å². The largest absolute Gasteiger partial charge is 0.351 e. The zero-order valence-corrected chi connectivity index (χ0v) is 19.8. The van der Waals surface area contributed by atoms with E-state index in [9.17, 15) is 9.59 Å². The zero-order chi connectivity index (χ0) is 22.3. The summed E-state index contributed by atoms with van der Waals surface area (Å²) in [7, 11) is 0. The van der Waals surface area contributed by atoms with Gasteiger partial charge in [-0.1, -0.05) is 32.0 Å². The van der Waals surface area contributed by atoms with Crippen LogP contribution in [0.2, 0.25) is 0 Å². The predicted molar refractivity (Wildman–Crippen MR) is 128 cm³/mol. The summed E-state index contributed by atoms with van der Waals surface area (Å²) in [5, 5.41) is 4.56. The van der Waals surface area contributed by atoms with Crippen molar-refractivity contribution in [3.63, 3.8) is 0 Å². The molecule has 1 heterocycles. The highest BCUT2D eigenvalue weighted by Gasteiger charge is 2.49. The van der Waals surface area contributed by atoms with Crippen LogP contribution in [-0.4, -0.2) is 28.8 Å². The second-order valence-corrected chi connectivity index (χ2v) is 11.6. The Hall–Kier alpha value is -1.92. The van der Waals surface area contributed by atoms with E-state index in [1.165, 1.54) is 11.9 Å². The van der Waals surface area contributed by atoms with Crippen molar-refractivity contribution in [3.05, 3.63) is 36.5 Å². The normalized spacial score (nSPS) is 33.3. The molecule has 5 rings (SSSR count). The molecule has 170 valence electrons. The maximum absolute atomic E-state index is 13.6. The molecule has 2 bridgehead atoms. The number of benzene rings is 1. The minimum Gasteiger partial charge on any atom is -0.351 e. The summed E-state index contributed by atoms with van der Waals surface area (Å²) in [6.07, 6.45) is 9.85. The van der Waals surface area contributed by atoms with Crippen LogP contribution < -0.4 is 10.0 Å². The maximum Gasteiger partial charge on any atom is 0.241 e. The molecule has 5 unspecified atom stereocenters. The van der Waals surface area contributed by atoms with Gasteiger partial charge in [0.2, 0.25) is 5.91 Å². The molecule has 0 radical (unpaired) electrons. The van der Waals surface area contributed by atoms with E-state index in [0.717, 1.165) is 67.0 Å². The highest BCUT2D eigenvalue weighted by Crippen LogP contribution is 2.49. The average Bonchev–Trinajstić information content (AvgIpc) is 2.75. The summed E-state index contributed by atoms with van der Waals surface area (Å²) in [4.78, 5) is 30.9. The number of amides is 1. The number of hydrogen-bond donors (Lipinski definition) is 2. The Kier molecular flexibility index (Phi) is 5.79. The van der Waals surface area contributed by atoms with Gasteiger partial charge in [0.25, 0.3) is 0 Å². The molecule has 5 atom stereocenters. The quantitative estimate of drug-likeness (QED) is 0.483. The second kappa shape index (κ2) is 8.45. The van der Waals surface area contributed by atoms with Crippen molar-refractivity contribution in [1.82, 2.24) is 15.0 Å². The fourth-order valence-electron chi connectivity index (χ4n) is 6.39. The van der Waals surface area contributed by atoms with E-state index in [4.69, 9.17) is 0 Å². The van der Waals surface area contributed by atoms with Crippen LogP contribution in [0.3, 0.4) is 0 Å². The summed E-state index contributed by atoms with van der Waals surface area (Å²) in [5.74, 6) is 1.57. The number of carbonyl (C=O) groups excluding carboxylic acids is 2. The van der Waals surface area contributed by atoms with Gasteiger partial charge in [-0.2, -0.15) is 0 Å². The molecule has 32 heavy (non-hydrogen) atoms. The van der Waals surface area contributed by atoms with Crippen molar-refractivity contribution < 1.29 is 9.59 Å². The maximum atomic E-state index is 13.6. The first kappa shape index (κ1) is 21.9. The van der Waals surface area contributed by atoms with Crippen molar-refractivity contribution in [2.75, 3.05) is 0 Å². The van der Waals surface area contributed by atoms with E-state index < -0.39 is 5.54 Å². The third-order valence-electron chi connectivity index (χ3n) is 8.12. The van der Waals surface area contributed by atoms with Crippen LogP contribution in [-0.2, 0) is 9.59 Å². The van der Waals surface area contributed by atoms with E-state index in [1.807, 2.05) is 18.3 Å². The number of nitrogens with zero attached hydrogens (tertiary/aromatic N) is 1.